The third kappa shape index (κ3) is 2.00. The van der Waals surface area contributed by atoms with E-state index in [0.717, 1.165) is 0 Å². The van der Waals surface area contributed by atoms with Crippen LogP contribution in [0.3, 0.4) is 0 Å². The summed E-state index contributed by atoms with van der Waals surface area (Å²) >= 11 is 0. The quantitative estimate of drug-likeness (QED) is 0.767. The van der Waals surface area contributed by atoms with Crippen LogP contribution in [0.2, 0.25) is 0 Å². The zero-order chi connectivity index (χ0) is 19.5. The van der Waals surface area contributed by atoms with E-state index >= 15 is 8.78 Å². The Morgan fingerprint density at radius 2 is 1.39 bits per heavy atom. The summed E-state index contributed by atoms with van der Waals surface area (Å²) in [6, 6.07) is 16.4. The summed E-state index contributed by atoms with van der Waals surface area (Å²) in [4.78, 5) is 25.9. The lowest BCUT2D eigenvalue weighted by Gasteiger charge is -2.54. The molecule has 0 heterocycles. The van der Waals surface area contributed by atoms with Gasteiger partial charge < -0.3 is 0 Å². The Bertz CT molecular complexity index is 1030. The van der Waals surface area contributed by atoms with Crippen molar-refractivity contribution < 1.29 is 18.4 Å². The summed E-state index contributed by atoms with van der Waals surface area (Å²) in [6.07, 6.45) is 4.74. The SMILES string of the molecule is O=C1C=C[C@H]2C3=CC[C@@H]([C@H]2[C@]1(F)c1ccccc1)[C@](F)(c1ccccc1)C3=O. The van der Waals surface area contributed by atoms with E-state index in [4.69, 9.17) is 0 Å². The van der Waals surface area contributed by atoms with E-state index in [2.05, 4.69) is 0 Å². The molecule has 0 N–H and O–H groups in total. The van der Waals surface area contributed by atoms with Gasteiger partial charge in [0.25, 0.3) is 0 Å². The van der Waals surface area contributed by atoms with Gasteiger partial charge in [-0.05, 0) is 23.6 Å². The predicted octanol–water partition coefficient (Wildman–Crippen LogP) is 4.62. The van der Waals surface area contributed by atoms with Gasteiger partial charge in [-0.2, -0.15) is 0 Å². The number of allylic oxidation sites excluding steroid dienone is 4. The molecule has 0 aromatic heterocycles. The maximum absolute atomic E-state index is 16.6. The van der Waals surface area contributed by atoms with Crippen molar-refractivity contribution >= 4 is 11.6 Å². The van der Waals surface area contributed by atoms with Crippen LogP contribution >= 0.6 is 0 Å². The average molecular weight is 376 g/mol. The molecule has 0 spiro atoms. The third-order valence-electron chi connectivity index (χ3n) is 6.54. The molecule has 0 saturated heterocycles. The Kier molecular flexibility index (Phi) is 3.57. The van der Waals surface area contributed by atoms with E-state index < -0.39 is 40.7 Å². The Hall–Kier alpha value is -2.88. The molecule has 140 valence electrons. The summed E-state index contributed by atoms with van der Waals surface area (Å²) in [7, 11) is 0. The van der Waals surface area contributed by atoms with Crippen LogP contribution in [-0.2, 0) is 20.9 Å². The lowest BCUT2D eigenvalue weighted by Crippen LogP contribution is -2.61. The fraction of sp³-hybridized carbons (Fsp3) is 0.250. The summed E-state index contributed by atoms with van der Waals surface area (Å²) in [5.41, 5.74) is -3.97. The first-order chi connectivity index (χ1) is 13.5. The maximum atomic E-state index is 16.6. The second kappa shape index (κ2) is 5.81. The number of Topliss-reactive ketones (excluding diaryl/α,β-unsaturated/α-hetero) is 1. The van der Waals surface area contributed by atoms with Crippen molar-refractivity contribution in [1.82, 2.24) is 0 Å². The van der Waals surface area contributed by atoms with Crippen LogP contribution in [0.5, 0.6) is 0 Å². The first kappa shape index (κ1) is 17.2. The van der Waals surface area contributed by atoms with E-state index in [-0.39, 0.29) is 23.1 Å². The van der Waals surface area contributed by atoms with Gasteiger partial charge in [-0.3, -0.25) is 9.59 Å². The van der Waals surface area contributed by atoms with Gasteiger partial charge in [0.2, 0.25) is 17.1 Å². The van der Waals surface area contributed by atoms with Gasteiger partial charge in [0.05, 0.1) is 0 Å². The second-order valence-corrected chi connectivity index (χ2v) is 7.76. The topological polar surface area (TPSA) is 34.1 Å². The van der Waals surface area contributed by atoms with Crippen LogP contribution in [0.15, 0.2) is 84.5 Å². The van der Waals surface area contributed by atoms with Crippen molar-refractivity contribution in [2.24, 2.45) is 17.8 Å². The number of ketones is 2. The number of halogens is 2. The number of hydrogen-bond donors (Lipinski definition) is 0. The smallest absolute Gasteiger partial charge is 0.201 e. The molecule has 2 aromatic rings. The number of carbonyl (C=O) groups is 2. The molecule has 0 amide bonds. The highest BCUT2D eigenvalue weighted by Crippen LogP contribution is 2.62. The van der Waals surface area contributed by atoms with Crippen molar-refractivity contribution in [2.75, 3.05) is 0 Å². The van der Waals surface area contributed by atoms with Crippen molar-refractivity contribution in [3.05, 3.63) is 95.6 Å². The molecule has 5 atom stereocenters. The lowest BCUT2D eigenvalue weighted by atomic mass is 9.49. The number of hydrogen-bond acceptors (Lipinski definition) is 2. The van der Waals surface area contributed by atoms with Crippen molar-refractivity contribution in [3.8, 4) is 0 Å². The average Bonchev–Trinajstić information content (AvgIpc) is 2.75. The van der Waals surface area contributed by atoms with Crippen LogP contribution in [0.25, 0.3) is 0 Å². The number of benzene rings is 2. The zero-order valence-corrected chi connectivity index (χ0v) is 15.0. The summed E-state index contributed by atoms with van der Waals surface area (Å²) < 4.78 is 33.0. The Morgan fingerprint density at radius 3 is 2.00 bits per heavy atom. The fourth-order valence-electron chi connectivity index (χ4n) is 5.28. The fourth-order valence-corrected chi connectivity index (χ4v) is 5.28. The van der Waals surface area contributed by atoms with E-state index in [1.807, 2.05) is 0 Å². The van der Waals surface area contributed by atoms with Crippen LogP contribution in [0.4, 0.5) is 8.78 Å². The van der Waals surface area contributed by atoms with E-state index in [1.54, 1.807) is 72.8 Å². The Balaban J connectivity index is 1.73. The second-order valence-electron chi connectivity index (χ2n) is 7.76. The lowest BCUT2D eigenvalue weighted by molar-refractivity contribution is -0.155. The molecule has 6 rings (SSSR count). The Labute approximate surface area is 161 Å². The van der Waals surface area contributed by atoms with Gasteiger partial charge in [0.1, 0.15) is 0 Å². The van der Waals surface area contributed by atoms with Crippen LogP contribution < -0.4 is 0 Å². The van der Waals surface area contributed by atoms with E-state index in [1.165, 1.54) is 6.08 Å². The Morgan fingerprint density at radius 1 is 0.821 bits per heavy atom. The minimum atomic E-state index is -2.36. The number of carbonyl (C=O) groups excluding carboxylic acids is 2. The minimum Gasteiger partial charge on any atom is -0.291 e. The van der Waals surface area contributed by atoms with Crippen LogP contribution in [-0.4, -0.2) is 11.6 Å². The van der Waals surface area contributed by atoms with E-state index in [9.17, 15) is 9.59 Å². The molecular formula is C24H18F2O2. The molecule has 4 heteroatoms. The predicted molar refractivity (Wildman–Crippen MR) is 101 cm³/mol. The van der Waals surface area contributed by atoms with Gasteiger partial charge in [-0.25, -0.2) is 8.78 Å². The first-order valence-corrected chi connectivity index (χ1v) is 9.45. The molecule has 2 bridgehead atoms. The zero-order valence-electron chi connectivity index (χ0n) is 15.0. The first-order valence-electron chi connectivity index (χ1n) is 9.45. The van der Waals surface area contributed by atoms with E-state index in [0.29, 0.717) is 0 Å². The third-order valence-corrected chi connectivity index (χ3v) is 6.54. The van der Waals surface area contributed by atoms with Gasteiger partial charge in [0, 0.05) is 23.3 Å². The molecule has 0 aliphatic heterocycles. The standard InChI is InChI=1S/C24H18F2O2/c25-23(15-7-3-1-4-8-15)19-13-11-18(22(23)28)17-12-14-20(27)24(26,21(17)19)16-9-5-2-6-10-16/h1-12,14,17,19,21H,13H2/t17-,19-,21-,23+,24-/m0/s1. The molecule has 0 unspecified atom stereocenters. The van der Waals surface area contributed by atoms with Crippen molar-refractivity contribution in [1.29, 1.82) is 0 Å². The van der Waals surface area contributed by atoms with Gasteiger partial charge >= 0.3 is 0 Å². The number of alkyl halides is 2. The molecule has 0 radical (unpaired) electrons. The van der Waals surface area contributed by atoms with Gasteiger partial charge in [-0.15, -0.1) is 0 Å². The molecule has 2 aromatic carbocycles. The highest BCUT2D eigenvalue weighted by Gasteiger charge is 2.67. The number of fused-ring (bicyclic) bond motifs is 2. The molecule has 4 aliphatic rings. The maximum Gasteiger partial charge on any atom is 0.201 e. The largest absolute Gasteiger partial charge is 0.291 e. The summed E-state index contributed by atoms with van der Waals surface area (Å²) in [5, 5.41) is 0. The summed E-state index contributed by atoms with van der Waals surface area (Å²) in [6.45, 7) is 0. The monoisotopic (exact) mass is 376 g/mol. The molecule has 1 saturated carbocycles. The molecule has 28 heavy (non-hydrogen) atoms. The number of rotatable bonds is 2. The molecular weight excluding hydrogens is 358 g/mol. The minimum absolute atomic E-state index is 0.218. The molecule has 2 nitrogen and oxygen atoms in total. The van der Waals surface area contributed by atoms with Gasteiger partial charge in [-0.1, -0.05) is 72.8 Å². The normalized spacial score (nSPS) is 36.2. The highest BCUT2D eigenvalue weighted by molar-refractivity contribution is 6.07. The molecule has 4 aliphatic carbocycles. The van der Waals surface area contributed by atoms with Gasteiger partial charge in [0.15, 0.2) is 5.78 Å². The highest BCUT2D eigenvalue weighted by atomic mass is 19.1. The van der Waals surface area contributed by atoms with Crippen molar-refractivity contribution in [3.63, 3.8) is 0 Å². The van der Waals surface area contributed by atoms with Crippen molar-refractivity contribution in [2.45, 2.75) is 17.8 Å². The summed E-state index contributed by atoms with van der Waals surface area (Å²) in [5.74, 6) is -3.80. The molecule has 1 fully saturated rings. The van der Waals surface area contributed by atoms with Crippen LogP contribution in [0.1, 0.15) is 17.5 Å². The van der Waals surface area contributed by atoms with Crippen LogP contribution in [0, 0.1) is 17.8 Å².